The summed E-state index contributed by atoms with van der Waals surface area (Å²) in [5, 5.41) is 3.14. The first kappa shape index (κ1) is 11.9. The zero-order valence-corrected chi connectivity index (χ0v) is 9.95. The van der Waals surface area contributed by atoms with Crippen LogP contribution in [0.15, 0.2) is 0 Å². The number of nitrogens with one attached hydrogen (secondary N) is 1. The summed E-state index contributed by atoms with van der Waals surface area (Å²) in [7, 11) is 0. The zero-order chi connectivity index (χ0) is 11.5. The van der Waals surface area contributed by atoms with Gasteiger partial charge in [-0.3, -0.25) is 4.79 Å². The molecule has 92 valence electrons. The van der Waals surface area contributed by atoms with Gasteiger partial charge in [0.15, 0.2) is 0 Å². The maximum Gasteiger partial charge on any atom is 0.226 e. The molecule has 2 unspecified atom stereocenters. The van der Waals surface area contributed by atoms with E-state index in [2.05, 4.69) is 5.32 Å². The summed E-state index contributed by atoms with van der Waals surface area (Å²) in [5.74, 6) is 0.223. The van der Waals surface area contributed by atoms with E-state index < -0.39 is 0 Å². The molecule has 4 nitrogen and oxygen atoms in total. The minimum Gasteiger partial charge on any atom is -0.378 e. The number of ether oxygens (including phenoxy) is 1. The molecule has 0 radical (unpaired) electrons. The van der Waals surface area contributed by atoms with E-state index in [4.69, 9.17) is 10.5 Å². The zero-order valence-electron chi connectivity index (χ0n) is 9.95. The van der Waals surface area contributed by atoms with E-state index in [-0.39, 0.29) is 17.9 Å². The summed E-state index contributed by atoms with van der Waals surface area (Å²) in [6.45, 7) is 2.70. The molecule has 1 aliphatic carbocycles. The Kier molecular flexibility index (Phi) is 3.82. The van der Waals surface area contributed by atoms with Crippen LogP contribution in [0.5, 0.6) is 0 Å². The van der Waals surface area contributed by atoms with Gasteiger partial charge in [-0.05, 0) is 39.0 Å². The summed E-state index contributed by atoms with van der Waals surface area (Å²) in [6.07, 6.45) is 5.04. The summed E-state index contributed by atoms with van der Waals surface area (Å²) >= 11 is 0. The molecule has 1 saturated heterocycles. The molecule has 4 heteroatoms. The predicted octanol–water partition coefficient (Wildman–Crippen LogP) is 0.797. The first-order valence-corrected chi connectivity index (χ1v) is 6.34. The van der Waals surface area contributed by atoms with Crippen LogP contribution in [0.4, 0.5) is 0 Å². The Morgan fingerprint density at radius 3 is 2.50 bits per heavy atom. The van der Waals surface area contributed by atoms with Crippen molar-refractivity contribution in [2.45, 2.75) is 57.2 Å². The number of amides is 1. The summed E-state index contributed by atoms with van der Waals surface area (Å²) in [6, 6.07) is 0.669. The highest BCUT2D eigenvalue weighted by molar-refractivity contribution is 5.79. The predicted molar refractivity (Wildman–Crippen MR) is 61.9 cm³/mol. The van der Waals surface area contributed by atoms with Crippen LogP contribution in [0, 0.1) is 5.92 Å². The fourth-order valence-electron chi connectivity index (χ4n) is 2.65. The van der Waals surface area contributed by atoms with Crippen LogP contribution in [0.1, 0.15) is 39.0 Å². The topological polar surface area (TPSA) is 64.3 Å². The van der Waals surface area contributed by atoms with Gasteiger partial charge >= 0.3 is 0 Å². The number of hydrogen-bond acceptors (Lipinski definition) is 3. The van der Waals surface area contributed by atoms with Crippen molar-refractivity contribution in [3.8, 4) is 0 Å². The third-order valence-electron chi connectivity index (χ3n) is 3.83. The molecule has 3 N–H and O–H groups in total. The molecule has 0 aromatic heterocycles. The van der Waals surface area contributed by atoms with Crippen molar-refractivity contribution in [3.63, 3.8) is 0 Å². The van der Waals surface area contributed by atoms with Crippen LogP contribution in [-0.4, -0.2) is 30.7 Å². The molecule has 0 spiro atoms. The molecule has 2 fully saturated rings. The molecule has 2 rings (SSSR count). The van der Waals surface area contributed by atoms with Crippen LogP contribution >= 0.6 is 0 Å². The van der Waals surface area contributed by atoms with Gasteiger partial charge in [-0.2, -0.15) is 0 Å². The Bertz CT molecular complexity index is 249. The normalized spacial score (nSPS) is 39.6. The van der Waals surface area contributed by atoms with Crippen LogP contribution in [0.2, 0.25) is 0 Å². The molecule has 0 bridgehead atoms. The third kappa shape index (κ3) is 2.74. The lowest BCUT2D eigenvalue weighted by atomic mass is 9.91. The first-order chi connectivity index (χ1) is 7.66. The van der Waals surface area contributed by atoms with Gasteiger partial charge in [-0.1, -0.05) is 0 Å². The Labute approximate surface area is 96.9 Å². The Morgan fingerprint density at radius 1 is 1.25 bits per heavy atom. The fourth-order valence-corrected chi connectivity index (χ4v) is 2.65. The van der Waals surface area contributed by atoms with E-state index in [1.54, 1.807) is 0 Å². The van der Waals surface area contributed by atoms with E-state index in [0.29, 0.717) is 12.1 Å². The second-order valence-corrected chi connectivity index (χ2v) is 5.09. The SMILES string of the molecule is CC1OCCC1C(=O)NC1CCC(N)CC1. The number of rotatable bonds is 2. The lowest BCUT2D eigenvalue weighted by molar-refractivity contribution is -0.127. The minimum atomic E-state index is 0.0515. The van der Waals surface area contributed by atoms with Crippen molar-refractivity contribution in [2.75, 3.05) is 6.61 Å². The van der Waals surface area contributed by atoms with Crippen LogP contribution < -0.4 is 11.1 Å². The monoisotopic (exact) mass is 226 g/mol. The van der Waals surface area contributed by atoms with Crippen LogP contribution in [0.25, 0.3) is 0 Å². The lowest BCUT2D eigenvalue weighted by Crippen LogP contribution is -2.44. The van der Waals surface area contributed by atoms with Crippen molar-refractivity contribution in [2.24, 2.45) is 11.7 Å². The van der Waals surface area contributed by atoms with Crippen molar-refractivity contribution in [1.29, 1.82) is 0 Å². The molecule has 0 aromatic rings. The highest BCUT2D eigenvalue weighted by atomic mass is 16.5. The highest BCUT2D eigenvalue weighted by Crippen LogP contribution is 2.22. The van der Waals surface area contributed by atoms with Crippen molar-refractivity contribution in [3.05, 3.63) is 0 Å². The summed E-state index contributed by atoms with van der Waals surface area (Å²) < 4.78 is 5.41. The van der Waals surface area contributed by atoms with Gasteiger partial charge in [0.1, 0.15) is 0 Å². The van der Waals surface area contributed by atoms with Crippen molar-refractivity contribution < 1.29 is 9.53 Å². The minimum absolute atomic E-state index is 0.0515. The fraction of sp³-hybridized carbons (Fsp3) is 0.917. The van der Waals surface area contributed by atoms with Gasteiger partial charge in [0.2, 0.25) is 5.91 Å². The molecular weight excluding hydrogens is 204 g/mol. The van der Waals surface area contributed by atoms with Gasteiger partial charge in [-0.25, -0.2) is 0 Å². The molecule has 1 amide bonds. The number of carbonyl (C=O) groups is 1. The Morgan fingerprint density at radius 2 is 1.94 bits per heavy atom. The summed E-state index contributed by atoms with van der Waals surface area (Å²) in [4.78, 5) is 12.0. The van der Waals surface area contributed by atoms with E-state index in [1.165, 1.54) is 0 Å². The van der Waals surface area contributed by atoms with Gasteiger partial charge < -0.3 is 15.8 Å². The molecule has 1 saturated carbocycles. The second kappa shape index (κ2) is 5.15. The standard InChI is InChI=1S/C12H22N2O2/c1-8-11(6-7-16-8)12(15)14-10-4-2-9(13)3-5-10/h8-11H,2-7,13H2,1H3,(H,14,15). The Hall–Kier alpha value is -0.610. The maximum atomic E-state index is 12.0. The van der Waals surface area contributed by atoms with Gasteiger partial charge in [0.05, 0.1) is 12.0 Å². The highest BCUT2D eigenvalue weighted by Gasteiger charge is 2.32. The van der Waals surface area contributed by atoms with Gasteiger partial charge in [-0.15, -0.1) is 0 Å². The average molecular weight is 226 g/mol. The largest absolute Gasteiger partial charge is 0.378 e. The lowest BCUT2D eigenvalue weighted by Gasteiger charge is -2.28. The Balaban J connectivity index is 1.78. The van der Waals surface area contributed by atoms with Gasteiger partial charge in [0.25, 0.3) is 0 Å². The smallest absolute Gasteiger partial charge is 0.226 e. The maximum absolute atomic E-state index is 12.0. The average Bonchev–Trinajstić information content (AvgIpc) is 2.68. The van der Waals surface area contributed by atoms with E-state index in [9.17, 15) is 4.79 Å². The van der Waals surface area contributed by atoms with Crippen LogP contribution in [-0.2, 0) is 9.53 Å². The first-order valence-electron chi connectivity index (χ1n) is 6.34. The molecule has 2 aliphatic rings. The molecule has 1 aliphatic heterocycles. The van der Waals surface area contributed by atoms with E-state index in [0.717, 1.165) is 38.7 Å². The molecule has 2 atom stereocenters. The summed E-state index contributed by atoms with van der Waals surface area (Å²) in [5.41, 5.74) is 5.84. The van der Waals surface area contributed by atoms with Crippen molar-refractivity contribution >= 4 is 5.91 Å². The number of nitrogens with two attached hydrogens (primary N) is 1. The van der Waals surface area contributed by atoms with E-state index >= 15 is 0 Å². The number of hydrogen-bond donors (Lipinski definition) is 2. The van der Waals surface area contributed by atoms with E-state index in [1.807, 2.05) is 6.92 Å². The third-order valence-corrected chi connectivity index (χ3v) is 3.83. The van der Waals surface area contributed by atoms with Crippen molar-refractivity contribution in [1.82, 2.24) is 5.32 Å². The second-order valence-electron chi connectivity index (χ2n) is 5.09. The van der Waals surface area contributed by atoms with Crippen LogP contribution in [0.3, 0.4) is 0 Å². The molecule has 0 aromatic carbocycles. The quantitative estimate of drug-likeness (QED) is 0.732. The molecule has 16 heavy (non-hydrogen) atoms. The molecule has 1 heterocycles. The number of carbonyl (C=O) groups excluding carboxylic acids is 1. The molecular formula is C12H22N2O2. The van der Waals surface area contributed by atoms with Gasteiger partial charge in [0, 0.05) is 18.7 Å².